The molecular weight excluding hydrogens is 242 g/mol. The van der Waals surface area contributed by atoms with Crippen LogP contribution in [0.3, 0.4) is 0 Å². The van der Waals surface area contributed by atoms with Crippen LogP contribution >= 0.6 is 0 Å². The van der Waals surface area contributed by atoms with Gasteiger partial charge in [0.25, 0.3) is 0 Å². The molecule has 1 heteroatoms. The summed E-state index contributed by atoms with van der Waals surface area (Å²) >= 11 is 0. The van der Waals surface area contributed by atoms with Crippen molar-refractivity contribution in [1.29, 1.82) is 0 Å². The Morgan fingerprint density at radius 2 is 1.30 bits per heavy atom. The van der Waals surface area contributed by atoms with E-state index >= 15 is 0 Å². The monoisotopic (exact) mass is 261 g/mol. The predicted molar refractivity (Wildman–Crippen MR) is 84.0 cm³/mol. The van der Waals surface area contributed by atoms with Gasteiger partial charge >= 0.3 is 0 Å². The van der Waals surface area contributed by atoms with Gasteiger partial charge in [-0.05, 0) is 30.2 Å². The van der Waals surface area contributed by atoms with Crippen LogP contribution in [0, 0.1) is 6.92 Å². The van der Waals surface area contributed by atoms with E-state index in [0.717, 1.165) is 13.0 Å². The van der Waals surface area contributed by atoms with Crippen LogP contribution in [0.15, 0.2) is 72.8 Å². The second kappa shape index (κ2) is 5.79. The van der Waals surface area contributed by atoms with Crippen LogP contribution in [0.5, 0.6) is 0 Å². The summed E-state index contributed by atoms with van der Waals surface area (Å²) in [6.45, 7) is 3.12. The van der Waals surface area contributed by atoms with Crippen LogP contribution in [0.2, 0.25) is 0 Å². The maximum Gasteiger partial charge on any atom is 0.0475 e. The van der Waals surface area contributed by atoms with Crippen molar-refractivity contribution in [2.75, 3.05) is 0 Å². The molecule has 0 aliphatic rings. The lowest BCUT2D eigenvalue weighted by molar-refractivity contribution is 0.734. The van der Waals surface area contributed by atoms with Crippen LogP contribution in [0.4, 0.5) is 0 Å². The van der Waals surface area contributed by atoms with Crippen molar-refractivity contribution in [1.82, 2.24) is 4.57 Å². The van der Waals surface area contributed by atoms with Gasteiger partial charge in [-0.3, -0.25) is 0 Å². The molecule has 2 aromatic carbocycles. The zero-order valence-electron chi connectivity index (χ0n) is 11.8. The summed E-state index contributed by atoms with van der Waals surface area (Å²) in [5, 5.41) is 0. The molecule has 0 saturated heterocycles. The number of aromatic nitrogens is 1. The number of rotatable bonds is 4. The van der Waals surface area contributed by atoms with Crippen molar-refractivity contribution in [3.63, 3.8) is 0 Å². The highest BCUT2D eigenvalue weighted by atomic mass is 15.0. The Labute approximate surface area is 120 Å². The highest BCUT2D eigenvalue weighted by molar-refractivity contribution is 5.26. The second-order valence-electron chi connectivity index (χ2n) is 5.20. The molecule has 0 amide bonds. The molecule has 0 aliphatic heterocycles. The van der Waals surface area contributed by atoms with Crippen LogP contribution in [-0.4, -0.2) is 4.57 Å². The Kier molecular flexibility index (Phi) is 3.69. The molecule has 0 saturated carbocycles. The first-order chi connectivity index (χ1) is 9.83. The molecule has 0 aliphatic carbocycles. The van der Waals surface area contributed by atoms with Gasteiger partial charge in [-0.15, -0.1) is 0 Å². The predicted octanol–water partition coefficient (Wildman–Crippen LogP) is 4.44. The van der Waals surface area contributed by atoms with E-state index in [2.05, 4.69) is 84.3 Å². The van der Waals surface area contributed by atoms with Crippen molar-refractivity contribution < 1.29 is 0 Å². The van der Waals surface area contributed by atoms with Gasteiger partial charge in [0, 0.05) is 24.4 Å². The third-order valence-electron chi connectivity index (χ3n) is 3.70. The van der Waals surface area contributed by atoms with Gasteiger partial charge in [0.1, 0.15) is 0 Å². The van der Waals surface area contributed by atoms with Gasteiger partial charge < -0.3 is 4.57 Å². The van der Waals surface area contributed by atoms with E-state index in [4.69, 9.17) is 0 Å². The Hall–Kier alpha value is -2.28. The number of aryl methyl sites for hydroxylation is 1. The second-order valence-corrected chi connectivity index (χ2v) is 5.20. The number of benzene rings is 2. The number of hydrogen-bond acceptors (Lipinski definition) is 0. The topological polar surface area (TPSA) is 4.93 Å². The number of nitrogens with zero attached hydrogens (tertiary/aromatic N) is 1. The lowest BCUT2D eigenvalue weighted by Gasteiger charge is -2.12. The molecule has 1 nitrogen and oxygen atoms in total. The van der Waals surface area contributed by atoms with Crippen LogP contribution < -0.4 is 0 Å². The largest absolute Gasteiger partial charge is 0.344 e. The van der Waals surface area contributed by atoms with E-state index in [-0.39, 0.29) is 0 Å². The van der Waals surface area contributed by atoms with Gasteiger partial charge in [0.05, 0.1) is 0 Å². The van der Waals surface area contributed by atoms with Gasteiger partial charge in [-0.1, -0.05) is 60.7 Å². The third-order valence-corrected chi connectivity index (χ3v) is 3.70. The standard InChI is InChI=1S/C19H19N/c1-16-12-13-19(14-17-8-4-2-5-9-17)20(16)15-18-10-6-3-7-11-18/h2-13H,14-15H2,1H3. The summed E-state index contributed by atoms with van der Waals surface area (Å²) in [4.78, 5) is 0. The molecule has 1 heterocycles. The Morgan fingerprint density at radius 1 is 0.700 bits per heavy atom. The normalized spacial score (nSPS) is 10.7. The van der Waals surface area contributed by atoms with E-state index in [1.807, 2.05) is 0 Å². The molecule has 0 bridgehead atoms. The number of hydrogen-bond donors (Lipinski definition) is 0. The molecule has 0 fully saturated rings. The summed E-state index contributed by atoms with van der Waals surface area (Å²) in [6.07, 6.45) is 0.988. The first-order valence-electron chi connectivity index (χ1n) is 7.06. The maximum atomic E-state index is 2.41. The molecule has 0 atom stereocenters. The summed E-state index contributed by atoms with van der Waals surface area (Å²) in [5.41, 5.74) is 5.40. The molecule has 100 valence electrons. The fourth-order valence-electron chi connectivity index (χ4n) is 2.57. The zero-order chi connectivity index (χ0) is 13.8. The van der Waals surface area contributed by atoms with Crippen molar-refractivity contribution in [3.05, 3.63) is 95.3 Å². The summed E-state index contributed by atoms with van der Waals surface area (Å²) in [7, 11) is 0. The van der Waals surface area contributed by atoms with Gasteiger partial charge in [0.2, 0.25) is 0 Å². The van der Waals surface area contributed by atoms with Crippen LogP contribution in [0.1, 0.15) is 22.5 Å². The summed E-state index contributed by atoms with van der Waals surface area (Å²) in [6, 6.07) is 25.7. The zero-order valence-corrected chi connectivity index (χ0v) is 11.8. The average Bonchev–Trinajstić information content (AvgIpc) is 2.83. The summed E-state index contributed by atoms with van der Waals surface area (Å²) < 4.78 is 2.41. The lowest BCUT2D eigenvalue weighted by Crippen LogP contribution is -2.06. The minimum Gasteiger partial charge on any atom is -0.344 e. The van der Waals surface area contributed by atoms with E-state index in [1.165, 1.54) is 22.5 Å². The molecular formula is C19H19N. The van der Waals surface area contributed by atoms with E-state index in [1.54, 1.807) is 0 Å². The third kappa shape index (κ3) is 2.83. The minimum atomic E-state index is 0.946. The van der Waals surface area contributed by atoms with E-state index < -0.39 is 0 Å². The van der Waals surface area contributed by atoms with Crippen molar-refractivity contribution >= 4 is 0 Å². The van der Waals surface area contributed by atoms with Gasteiger partial charge in [0.15, 0.2) is 0 Å². The molecule has 0 N–H and O–H groups in total. The first-order valence-corrected chi connectivity index (χ1v) is 7.06. The Morgan fingerprint density at radius 3 is 1.95 bits per heavy atom. The molecule has 1 aromatic heterocycles. The van der Waals surface area contributed by atoms with Crippen LogP contribution in [-0.2, 0) is 13.0 Å². The minimum absolute atomic E-state index is 0.946. The molecule has 0 spiro atoms. The smallest absolute Gasteiger partial charge is 0.0475 e. The van der Waals surface area contributed by atoms with Crippen molar-refractivity contribution in [3.8, 4) is 0 Å². The highest BCUT2D eigenvalue weighted by Gasteiger charge is 2.06. The molecule has 20 heavy (non-hydrogen) atoms. The van der Waals surface area contributed by atoms with E-state index in [0.29, 0.717) is 0 Å². The summed E-state index contributed by atoms with van der Waals surface area (Å²) in [5.74, 6) is 0. The van der Waals surface area contributed by atoms with Crippen LogP contribution in [0.25, 0.3) is 0 Å². The quantitative estimate of drug-likeness (QED) is 0.654. The SMILES string of the molecule is Cc1ccc(Cc2ccccc2)n1Cc1ccccc1. The average molecular weight is 261 g/mol. The molecule has 0 radical (unpaired) electrons. The maximum absolute atomic E-state index is 2.41. The first kappa shape index (κ1) is 12.7. The fraction of sp³-hybridized carbons (Fsp3) is 0.158. The Balaban J connectivity index is 1.86. The fourth-order valence-corrected chi connectivity index (χ4v) is 2.57. The van der Waals surface area contributed by atoms with Crippen molar-refractivity contribution in [2.24, 2.45) is 0 Å². The molecule has 3 rings (SSSR count). The Bertz CT molecular complexity index is 666. The van der Waals surface area contributed by atoms with Gasteiger partial charge in [-0.25, -0.2) is 0 Å². The van der Waals surface area contributed by atoms with Crippen molar-refractivity contribution in [2.45, 2.75) is 19.9 Å². The molecule has 3 aromatic rings. The highest BCUT2D eigenvalue weighted by Crippen LogP contribution is 2.16. The van der Waals surface area contributed by atoms with Gasteiger partial charge in [-0.2, -0.15) is 0 Å². The van der Waals surface area contributed by atoms with E-state index in [9.17, 15) is 0 Å². The molecule has 0 unspecified atom stereocenters. The lowest BCUT2D eigenvalue weighted by atomic mass is 10.1.